The zero-order valence-corrected chi connectivity index (χ0v) is 18.9. The van der Waals surface area contributed by atoms with Gasteiger partial charge in [-0.1, -0.05) is 36.0 Å². The molecule has 10 heteroatoms. The molecule has 0 spiro atoms. The van der Waals surface area contributed by atoms with Crippen molar-refractivity contribution in [1.29, 1.82) is 0 Å². The second-order valence-electron chi connectivity index (χ2n) is 7.32. The van der Waals surface area contributed by atoms with Gasteiger partial charge >= 0.3 is 0 Å². The number of fused-ring (bicyclic) bond motifs is 2. The third-order valence-corrected chi connectivity index (χ3v) is 7.28. The van der Waals surface area contributed by atoms with Gasteiger partial charge in [-0.3, -0.25) is 14.5 Å². The SMILES string of the molecule is O=C(CCN=C1NS(=O)(=O)c2ccccc21)Nc1ccc(Sc2nc3ccccc3[nH]2)cc1. The number of aromatic amines is 1. The van der Waals surface area contributed by atoms with Crippen molar-refractivity contribution in [3.05, 3.63) is 78.4 Å². The number of nitrogens with zero attached hydrogens (tertiary/aromatic N) is 2. The number of para-hydroxylation sites is 2. The lowest BCUT2D eigenvalue weighted by Crippen LogP contribution is -2.23. The van der Waals surface area contributed by atoms with Crippen molar-refractivity contribution in [2.45, 2.75) is 21.4 Å². The van der Waals surface area contributed by atoms with E-state index in [4.69, 9.17) is 0 Å². The minimum Gasteiger partial charge on any atom is -0.333 e. The molecule has 0 aliphatic carbocycles. The summed E-state index contributed by atoms with van der Waals surface area (Å²) in [5, 5.41) is 3.64. The van der Waals surface area contributed by atoms with Gasteiger partial charge in [-0.05, 0) is 48.5 Å². The number of carbonyl (C=O) groups excluding carboxylic acids is 1. The first kappa shape index (κ1) is 21.2. The number of sulfonamides is 1. The Morgan fingerprint density at radius 2 is 1.76 bits per heavy atom. The summed E-state index contributed by atoms with van der Waals surface area (Å²) in [7, 11) is -3.58. The third-order valence-electron chi connectivity index (χ3n) is 4.99. The standard InChI is InChI=1S/C23H19N5O3S2/c29-21(13-14-24-22-17-5-1-4-8-20(17)33(30,31)28-22)25-15-9-11-16(12-10-15)32-23-26-18-6-2-3-7-19(18)27-23/h1-12H,13-14H2,(H,24,28)(H,25,29)(H,26,27). The van der Waals surface area contributed by atoms with Gasteiger partial charge in [-0.25, -0.2) is 13.4 Å². The lowest BCUT2D eigenvalue weighted by atomic mass is 10.2. The number of amides is 1. The van der Waals surface area contributed by atoms with Crippen molar-refractivity contribution in [1.82, 2.24) is 14.7 Å². The molecule has 166 valence electrons. The maximum absolute atomic E-state index is 12.3. The predicted octanol–water partition coefficient (Wildman–Crippen LogP) is 3.78. The van der Waals surface area contributed by atoms with E-state index in [-0.39, 0.29) is 29.6 Å². The first-order valence-corrected chi connectivity index (χ1v) is 12.5. The number of anilines is 1. The Kier molecular flexibility index (Phi) is 5.61. The van der Waals surface area contributed by atoms with Crippen LogP contribution in [0.3, 0.4) is 0 Å². The molecule has 0 saturated heterocycles. The van der Waals surface area contributed by atoms with Gasteiger partial charge in [-0.15, -0.1) is 0 Å². The molecule has 1 aliphatic rings. The highest BCUT2D eigenvalue weighted by Crippen LogP contribution is 2.28. The van der Waals surface area contributed by atoms with Gasteiger partial charge in [0.05, 0.1) is 22.5 Å². The van der Waals surface area contributed by atoms with Crippen LogP contribution in [0.4, 0.5) is 5.69 Å². The van der Waals surface area contributed by atoms with Gasteiger partial charge in [0.2, 0.25) is 5.91 Å². The predicted molar refractivity (Wildman–Crippen MR) is 128 cm³/mol. The molecule has 0 radical (unpaired) electrons. The molecule has 0 bridgehead atoms. The molecule has 1 amide bonds. The number of hydrogen-bond acceptors (Lipinski definition) is 6. The zero-order chi connectivity index (χ0) is 22.8. The van der Waals surface area contributed by atoms with E-state index >= 15 is 0 Å². The minimum absolute atomic E-state index is 0.128. The van der Waals surface area contributed by atoms with E-state index in [0.717, 1.165) is 21.1 Å². The molecule has 8 nitrogen and oxygen atoms in total. The quantitative estimate of drug-likeness (QED) is 0.391. The van der Waals surface area contributed by atoms with Gasteiger partial charge in [-0.2, -0.15) is 0 Å². The van der Waals surface area contributed by atoms with Gasteiger partial charge in [0.15, 0.2) is 5.16 Å². The first-order chi connectivity index (χ1) is 16.0. The Morgan fingerprint density at radius 1 is 1.00 bits per heavy atom. The highest BCUT2D eigenvalue weighted by Gasteiger charge is 2.29. The van der Waals surface area contributed by atoms with Crippen LogP contribution < -0.4 is 10.0 Å². The Balaban J connectivity index is 1.17. The highest BCUT2D eigenvalue weighted by atomic mass is 32.2. The molecule has 0 saturated carbocycles. The number of aromatic nitrogens is 2. The highest BCUT2D eigenvalue weighted by molar-refractivity contribution is 7.99. The minimum atomic E-state index is -3.58. The van der Waals surface area contributed by atoms with E-state index in [1.54, 1.807) is 18.2 Å². The smallest absolute Gasteiger partial charge is 0.263 e. The molecule has 0 atom stereocenters. The van der Waals surface area contributed by atoms with Crippen LogP contribution in [-0.2, 0) is 14.8 Å². The number of carbonyl (C=O) groups is 1. The van der Waals surface area contributed by atoms with Crippen LogP contribution in [0.2, 0.25) is 0 Å². The number of nitrogens with one attached hydrogen (secondary N) is 3. The third kappa shape index (κ3) is 4.62. The molecule has 0 unspecified atom stereocenters. The van der Waals surface area contributed by atoms with Gasteiger partial charge < -0.3 is 10.3 Å². The van der Waals surface area contributed by atoms with Crippen LogP contribution in [0.15, 0.2) is 92.7 Å². The number of rotatable bonds is 6. The summed E-state index contributed by atoms with van der Waals surface area (Å²) in [5.41, 5.74) is 3.10. The molecule has 3 N–H and O–H groups in total. The fourth-order valence-electron chi connectivity index (χ4n) is 3.44. The Hall–Kier alpha value is -3.63. The van der Waals surface area contributed by atoms with Crippen LogP contribution in [0.5, 0.6) is 0 Å². The van der Waals surface area contributed by atoms with Crippen molar-refractivity contribution >= 4 is 50.2 Å². The molecule has 5 rings (SSSR count). The second-order valence-corrected chi connectivity index (χ2v) is 10.0. The normalized spacial score (nSPS) is 15.3. The Labute approximate surface area is 194 Å². The summed E-state index contributed by atoms with van der Waals surface area (Å²) in [6.07, 6.45) is 0.128. The van der Waals surface area contributed by atoms with Crippen molar-refractivity contribution < 1.29 is 13.2 Å². The largest absolute Gasteiger partial charge is 0.333 e. The van der Waals surface area contributed by atoms with Crippen LogP contribution in [-0.4, -0.2) is 36.7 Å². The molecular formula is C23H19N5O3S2. The molecular weight excluding hydrogens is 458 g/mol. The number of aliphatic imine (C=N–C) groups is 1. The number of benzene rings is 3. The van der Waals surface area contributed by atoms with E-state index in [1.807, 2.05) is 48.5 Å². The monoisotopic (exact) mass is 477 g/mol. The fourth-order valence-corrected chi connectivity index (χ4v) is 5.49. The summed E-state index contributed by atoms with van der Waals surface area (Å²) in [6, 6.07) is 22.0. The summed E-state index contributed by atoms with van der Waals surface area (Å²) in [4.78, 5) is 25.6. The van der Waals surface area contributed by atoms with Gasteiger partial charge in [0, 0.05) is 22.6 Å². The Bertz CT molecular complexity index is 1440. The van der Waals surface area contributed by atoms with E-state index in [1.165, 1.54) is 17.8 Å². The lowest BCUT2D eigenvalue weighted by molar-refractivity contribution is -0.116. The Morgan fingerprint density at radius 3 is 2.58 bits per heavy atom. The molecule has 33 heavy (non-hydrogen) atoms. The van der Waals surface area contributed by atoms with Crippen LogP contribution in [0, 0.1) is 0 Å². The van der Waals surface area contributed by atoms with Gasteiger partial charge in [0.25, 0.3) is 10.0 Å². The number of hydrogen-bond donors (Lipinski definition) is 3. The average molecular weight is 478 g/mol. The molecule has 4 aromatic rings. The van der Waals surface area contributed by atoms with E-state index in [2.05, 4.69) is 25.0 Å². The number of H-pyrrole nitrogens is 1. The van der Waals surface area contributed by atoms with Crippen molar-refractivity contribution in [2.75, 3.05) is 11.9 Å². The maximum Gasteiger partial charge on any atom is 0.263 e. The summed E-state index contributed by atoms with van der Waals surface area (Å²) in [6.45, 7) is 0.165. The van der Waals surface area contributed by atoms with Crippen molar-refractivity contribution in [2.24, 2.45) is 4.99 Å². The van der Waals surface area contributed by atoms with Crippen LogP contribution in [0.25, 0.3) is 11.0 Å². The second kappa shape index (κ2) is 8.72. The average Bonchev–Trinajstić information content (AvgIpc) is 3.33. The fraction of sp³-hybridized carbons (Fsp3) is 0.0870. The maximum atomic E-state index is 12.3. The summed E-state index contributed by atoms with van der Waals surface area (Å²) in [5.74, 6) is 0.0662. The van der Waals surface area contributed by atoms with Crippen LogP contribution >= 0.6 is 11.8 Å². The van der Waals surface area contributed by atoms with Crippen molar-refractivity contribution in [3.8, 4) is 0 Å². The van der Waals surface area contributed by atoms with E-state index < -0.39 is 10.0 Å². The topological polar surface area (TPSA) is 116 Å². The number of amidine groups is 1. The van der Waals surface area contributed by atoms with E-state index in [9.17, 15) is 13.2 Å². The lowest BCUT2D eigenvalue weighted by Gasteiger charge is -2.05. The molecule has 3 aromatic carbocycles. The zero-order valence-electron chi connectivity index (χ0n) is 17.3. The van der Waals surface area contributed by atoms with Crippen molar-refractivity contribution in [3.63, 3.8) is 0 Å². The number of imidazole rings is 1. The van der Waals surface area contributed by atoms with E-state index in [0.29, 0.717) is 11.3 Å². The summed E-state index contributed by atoms with van der Waals surface area (Å²) < 4.78 is 26.7. The van der Waals surface area contributed by atoms with Gasteiger partial charge in [0.1, 0.15) is 5.84 Å². The molecule has 1 aliphatic heterocycles. The molecule has 1 aromatic heterocycles. The first-order valence-electron chi connectivity index (χ1n) is 10.2. The molecule has 2 heterocycles. The van der Waals surface area contributed by atoms with Crippen LogP contribution in [0.1, 0.15) is 12.0 Å². The molecule has 0 fully saturated rings. The summed E-state index contributed by atoms with van der Waals surface area (Å²) >= 11 is 1.51.